The van der Waals surface area contributed by atoms with Crippen molar-refractivity contribution in [3.05, 3.63) is 71.1 Å². The van der Waals surface area contributed by atoms with Crippen molar-refractivity contribution in [3.63, 3.8) is 0 Å². The van der Waals surface area contributed by atoms with Crippen LogP contribution in [0.4, 0.5) is 0 Å². The number of ether oxygens (including phenoxy) is 1. The van der Waals surface area contributed by atoms with E-state index in [1.807, 2.05) is 56.3 Å². The van der Waals surface area contributed by atoms with Crippen LogP contribution in [0.5, 0.6) is 5.75 Å². The van der Waals surface area contributed by atoms with Crippen LogP contribution in [0.15, 0.2) is 54.7 Å². The fraction of sp³-hybridized carbons (Fsp3) is 0.273. The third-order valence-electron chi connectivity index (χ3n) is 4.49. The maximum Gasteiger partial charge on any atom is 0.261 e. The standard InChI is InChI=1S/C22H24ClN3O2/c1-4-18(21-24-13-19(25-21)16-8-6-5-7-9-16)26-22(27)15(3)28-20-12-14(2)10-11-17(20)23/h5-13,15,18H,4H2,1-3H3,(H,24,25)(H,26,27). The molecule has 6 heteroatoms. The van der Waals surface area contributed by atoms with E-state index < -0.39 is 6.10 Å². The minimum absolute atomic E-state index is 0.220. The highest BCUT2D eigenvalue weighted by Gasteiger charge is 2.22. The summed E-state index contributed by atoms with van der Waals surface area (Å²) >= 11 is 6.16. The molecule has 3 aromatic rings. The van der Waals surface area contributed by atoms with Crippen LogP contribution >= 0.6 is 11.6 Å². The van der Waals surface area contributed by atoms with Gasteiger partial charge in [-0.1, -0.05) is 54.9 Å². The van der Waals surface area contributed by atoms with E-state index in [1.165, 1.54) is 0 Å². The van der Waals surface area contributed by atoms with Gasteiger partial charge in [-0.15, -0.1) is 0 Å². The van der Waals surface area contributed by atoms with E-state index in [2.05, 4.69) is 15.3 Å². The molecule has 1 amide bonds. The Balaban J connectivity index is 1.68. The molecule has 2 atom stereocenters. The molecule has 0 fully saturated rings. The molecule has 5 nitrogen and oxygen atoms in total. The monoisotopic (exact) mass is 397 g/mol. The zero-order valence-corrected chi connectivity index (χ0v) is 17.0. The number of hydrogen-bond acceptors (Lipinski definition) is 3. The van der Waals surface area contributed by atoms with Gasteiger partial charge in [-0.3, -0.25) is 4.79 Å². The number of aryl methyl sites for hydroxylation is 1. The molecule has 0 radical (unpaired) electrons. The van der Waals surface area contributed by atoms with Gasteiger partial charge in [0.05, 0.1) is 23.0 Å². The summed E-state index contributed by atoms with van der Waals surface area (Å²) in [6.07, 6.45) is 1.80. The minimum Gasteiger partial charge on any atom is -0.479 e. The Bertz CT molecular complexity index is 940. The Kier molecular flexibility index (Phi) is 6.37. The summed E-state index contributed by atoms with van der Waals surface area (Å²) in [5, 5.41) is 3.48. The lowest BCUT2D eigenvalue weighted by Gasteiger charge is -2.20. The van der Waals surface area contributed by atoms with Gasteiger partial charge in [-0.25, -0.2) is 4.98 Å². The largest absolute Gasteiger partial charge is 0.479 e. The molecular formula is C22H24ClN3O2. The molecule has 146 valence electrons. The number of H-pyrrole nitrogens is 1. The number of amides is 1. The SMILES string of the molecule is CCC(NC(=O)C(C)Oc1cc(C)ccc1Cl)c1ncc(-c2ccccc2)[nH]1. The number of nitrogens with zero attached hydrogens (tertiary/aromatic N) is 1. The van der Waals surface area contributed by atoms with Crippen molar-refractivity contribution in [1.29, 1.82) is 0 Å². The Morgan fingerprint density at radius 3 is 2.71 bits per heavy atom. The van der Waals surface area contributed by atoms with Gasteiger partial charge >= 0.3 is 0 Å². The third kappa shape index (κ3) is 4.73. The van der Waals surface area contributed by atoms with Gasteiger partial charge in [-0.05, 0) is 43.5 Å². The molecule has 3 rings (SSSR count). The summed E-state index contributed by atoms with van der Waals surface area (Å²) in [6, 6.07) is 15.2. The molecule has 1 aromatic heterocycles. The van der Waals surface area contributed by atoms with Gasteiger partial charge in [0.2, 0.25) is 0 Å². The van der Waals surface area contributed by atoms with Crippen LogP contribution < -0.4 is 10.1 Å². The van der Waals surface area contributed by atoms with Crippen LogP contribution in [0.2, 0.25) is 5.02 Å². The van der Waals surface area contributed by atoms with Crippen LogP contribution in [0.25, 0.3) is 11.3 Å². The maximum absolute atomic E-state index is 12.6. The molecule has 0 saturated heterocycles. The molecule has 2 N–H and O–H groups in total. The van der Waals surface area contributed by atoms with Crippen molar-refractivity contribution in [2.24, 2.45) is 0 Å². The Morgan fingerprint density at radius 2 is 2.00 bits per heavy atom. The fourth-order valence-corrected chi connectivity index (χ4v) is 3.04. The fourth-order valence-electron chi connectivity index (χ4n) is 2.88. The van der Waals surface area contributed by atoms with E-state index in [9.17, 15) is 4.79 Å². The molecule has 0 aliphatic rings. The van der Waals surface area contributed by atoms with E-state index in [-0.39, 0.29) is 11.9 Å². The van der Waals surface area contributed by atoms with Crippen molar-refractivity contribution in [3.8, 4) is 17.0 Å². The topological polar surface area (TPSA) is 67.0 Å². The van der Waals surface area contributed by atoms with Crippen LogP contribution in [0.3, 0.4) is 0 Å². The normalized spacial score (nSPS) is 13.0. The smallest absolute Gasteiger partial charge is 0.261 e. The molecule has 0 aliphatic heterocycles. The Hall–Kier alpha value is -2.79. The lowest BCUT2D eigenvalue weighted by molar-refractivity contribution is -0.128. The lowest BCUT2D eigenvalue weighted by atomic mass is 10.2. The van der Waals surface area contributed by atoms with E-state index in [0.29, 0.717) is 17.2 Å². The number of halogens is 1. The zero-order chi connectivity index (χ0) is 20.1. The molecule has 2 unspecified atom stereocenters. The van der Waals surface area contributed by atoms with Crippen molar-refractivity contribution in [1.82, 2.24) is 15.3 Å². The molecule has 1 heterocycles. The first kappa shape index (κ1) is 20.0. The minimum atomic E-state index is -0.683. The highest BCUT2D eigenvalue weighted by atomic mass is 35.5. The molecule has 28 heavy (non-hydrogen) atoms. The molecule has 2 aromatic carbocycles. The molecule has 0 saturated carbocycles. The first-order chi connectivity index (χ1) is 13.5. The number of carbonyl (C=O) groups is 1. The average molecular weight is 398 g/mol. The Labute approximate surface area is 170 Å². The van der Waals surface area contributed by atoms with Crippen LogP contribution in [0.1, 0.15) is 37.7 Å². The molecule has 0 bridgehead atoms. The second-order valence-electron chi connectivity index (χ2n) is 6.71. The zero-order valence-electron chi connectivity index (χ0n) is 16.2. The predicted molar refractivity (Wildman–Crippen MR) is 111 cm³/mol. The van der Waals surface area contributed by atoms with Crippen molar-refractivity contribution in [2.45, 2.75) is 39.3 Å². The summed E-state index contributed by atoms with van der Waals surface area (Å²) in [4.78, 5) is 20.4. The van der Waals surface area contributed by atoms with Gasteiger partial charge in [0.25, 0.3) is 5.91 Å². The summed E-state index contributed by atoms with van der Waals surface area (Å²) in [5.41, 5.74) is 2.98. The highest BCUT2D eigenvalue weighted by Crippen LogP contribution is 2.26. The summed E-state index contributed by atoms with van der Waals surface area (Å²) in [5.74, 6) is 0.999. The summed E-state index contributed by atoms with van der Waals surface area (Å²) in [7, 11) is 0. The number of imidazole rings is 1. The maximum atomic E-state index is 12.6. The van der Waals surface area contributed by atoms with Crippen molar-refractivity contribution in [2.75, 3.05) is 0 Å². The summed E-state index contributed by atoms with van der Waals surface area (Å²) in [6.45, 7) is 5.65. The second kappa shape index (κ2) is 8.93. The second-order valence-corrected chi connectivity index (χ2v) is 7.12. The predicted octanol–water partition coefficient (Wildman–Crippen LogP) is 5.07. The number of hydrogen-bond donors (Lipinski definition) is 2. The number of nitrogens with one attached hydrogen (secondary N) is 2. The van der Waals surface area contributed by atoms with E-state index in [4.69, 9.17) is 16.3 Å². The third-order valence-corrected chi connectivity index (χ3v) is 4.81. The number of benzene rings is 2. The first-order valence-corrected chi connectivity index (χ1v) is 9.69. The Morgan fingerprint density at radius 1 is 1.25 bits per heavy atom. The first-order valence-electron chi connectivity index (χ1n) is 9.31. The highest BCUT2D eigenvalue weighted by molar-refractivity contribution is 6.32. The van der Waals surface area contributed by atoms with Gasteiger partial charge < -0.3 is 15.0 Å². The van der Waals surface area contributed by atoms with Crippen molar-refractivity contribution >= 4 is 17.5 Å². The quantitative estimate of drug-likeness (QED) is 0.584. The number of aromatic amines is 1. The number of carbonyl (C=O) groups excluding carboxylic acids is 1. The summed E-state index contributed by atoms with van der Waals surface area (Å²) < 4.78 is 5.77. The van der Waals surface area contributed by atoms with Crippen LogP contribution in [-0.4, -0.2) is 22.0 Å². The average Bonchev–Trinajstić information content (AvgIpc) is 3.19. The van der Waals surface area contributed by atoms with Crippen LogP contribution in [-0.2, 0) is 4.79 Å². The van der Waals surface area contributed by atoms with Gasteiger partial charge in [0.15, 0.2) is 6.10 Å². The van der Waals surface area contributed by atoms with E-state index in [0.717, 1.165) is 22.6 Å². The number of aromatic nitrogens is 2. The van der Waals surface area contributed by atoms with Crippen molar-refractivity contribution < 1.29 is 9.53 Å². The number of rotatable bonds is 7. The lowest BCUT2D eigenvalue weighted by Crippen LogP contribution is -2.38. The molecule has 0 spiro atoms. The molecular weight excluding hydrogens is 374 g/mol. The van der Waals surface area contributed by atoms with Gasteiger partial charge in [-0.2, -0.15) is 0 Å². The van der Waals surface area contributed by atoms with Gasteiger partial charge in [0.1, 0.15) is 11.6 Å². The van der Waals surface area contributed by atoms with E-state index >= 15 is 0 Å². The molecule has 0 aliphatic carbocycles. The van der Waals surface area contributed by atoms with E-state index in [1.54, 1.807) is 19.2 Å². The van der Waals surface area contributed by atoms with Gasteiger partial charge in [0, 0.05) is 0 Å². The van der Waals surface area contributed by atoms with Crippen LogP contribution in [0, 0.1) is 6.92 Å².